The second kappa shape index (κ2) is 16.4. The first-order chi connectivity index (χ1) is 23.1. The van der Waals surface area contributed by atoms with Crippen molar-refractivity contribution < 1.29 is 41.0 Å². The van der Waals surface area contributed by atoms with E-state index in [1.165, 1.54) is 46.3 Å². The van der Waals surface area contributed by atoms with Gasteiger partial charge in [0.2, 0.25) is 0 Å². The summed E-state index contributed by atoms with van der Waals surface area (Å²) in [6.45, 7) is 6.73. The molecule has 0 fully saturated rings. The van der Waals surface area contributed by atoms with Crippen molar-refractivity contribution in [2.75, 3.05) is 38.1 Å². The lowest BCUT2D eigenvalue weighted by Crippen LogP contribution is -2.47. The highest BCUT2D eigenvalue weighted by atomic mass is 32.2. The fraction of sp³-hybridized carbons (Fsp3) is 0.529. The molecule has 3 aromatic rings. The molecule has 270 valence electrons. The molecule has 1 amide bonds. The van der Waals surface area contributed by atoms with Gasteiger partial charge in [-0.2, -0.15) is 21.6 Å². The first kappa shape index (κ1) is 38.1. The summed E-state index contributed by atoms with van der Waals surface area (Å²) in [5, 5.41) is 10.0. The molecule has 0 spiro atoms. The topological polar surface area (TPSA) is 126 Å². The first-order valence-electron chi connectivity index (χ1n) is 16.3. The van der Waals surface area contributed by atoms with Crippen molar-refractivity contribution >= 4 is 21.6 Å². The predicted molar refractivity (Wildman–Crippen MR) is 179 cm³/mol. The summed E-state index contributed by atoms with van der Waals surface area (Å²) in [4.78, 5) is 21.8. The van der Waals surface area contributed by atoms with Crippen molar-refractivity contribution in [3.8, 4) is 5.75 Å². The number of amides is 1. The summed E-state index contributed by atoms with van der Waals surface area (Å²) in [5.74, 6) is -0.393. The number of carbonyl (C=O) groups is 1. The maximum atomic E-state index is 14.3. The van der Waals surface area contributed by atoms with Gasteiger partial charge in [-0.15, -0.1) is 0 Å². The van der Waals surface area contributed by atoms with E-state index in [0.717, 1.165) is 30.5 Å². The number of ether oxygens (including phenoxy) is 2. The van der Waals surface area contributed by atoms with Crippen LogP contribution in [0.2, 0.25) is 0 Å². The number of hydrogen-bond donors (Lipinski definition) is 2. The number of rotatable bonds is 9. The number of aromatic nitrogens is 2. The minimum Gasteiger partial charge on any atom is -0.490 e. The van der Waals surface area contributed by atoms with Crippen LogP contribution in [-0.4, -0.2) is 90.4 Å². The van der Waals surface area contributed by atoms with E-state index >= 15 is 0 Å². The van der Waals surface area contributed by atoms with Crippen molar-refractivity contribution in [1.29, 1.82) is 0 Å². The van der Waals surface area contributed by atoms with Crippen LogP contribution in [0.3, 0.4) is 0 Å². The molecule has 4 rings (SSSR count). The van der Waals surface area contributed by atoms with E-state index in [1.807, 2.05) is 25.8 Å². The number of halogens is 3. The molecule has 2 N–H and O–H groups in total. The minimum absolute atomic E-state index is 0.134. The number of nitrogens with zero attached hydrogens (tertiary/aromatic N) is 4. The molecule has 0 radical (unpaired) electrons. The number of likely N-dealkylation sites (N-methyl/N-ethyl adjacent to an activating group) is 1. The van der Waals surface area contributed by atoms with Crippen LogP contribution in [0.5, 0.6) is 5.75 Å². The van der Waals surface area contributed by atoms with E-state index < -0.39 is 33.7 Å². The SMILES string of the molecule is C[C@@H]1CCCCO[C@@H](CN(C)Cc2ccc(C(F)(F)F)cc2)[C@@H](C)CN([C@H](C)CO)C(=O)c2cc(NS(=O)(=O)c3cn(C)cn3)ccc2O1. The number of fused-ring (bicyclic) bond motifs is 1. The Balaban J connectivity index is 1.60. The van der Waals surface area contributed by atoms with Crippen LogP contribution in [0.15, 0.2) is 60.0 Å². The molecule has 4 atom stereocenters. The van der Waals surface area contributed by atoms with Gasteiger partial charge in [0, 0.05) is 51.1 Å². The normalized spacial score (nSPS) is 20.7. The van der Waals surface area contributed by atoms with Gasteiger partial charge in [-0.25, -0.2) is 4.98 Å². The van der Waals surface area contributed by atoms with E-state index in [9.17, 15) is 31.5 Å². The number of nitrogens with one attached hydrogen (secondary N) is 1. The summed E-state index contributed by atoms with van der Waals surface area (Å²) in [6.07, 6.45) is -0.0614. The third kappa shape index (κ3) is 10.4. The van der Waals surface area contributed by atoms with Crippen LogP contribution in [0.4, 0.5) is 18.9 Å². The average Bonchev–Trinajstić information content (AvgIpc) is 3.49. The van der Waals surface area contributed by atoms with Crippen molar-refractivity contribution in [1.82, 2.24) is 19.4 Å². The second-order valence-corrected chi connectivity index (χ2v) is 14.5. The zero-order valence-corrected chi connectivity index (χ0v) is 29.3. The Kier molecular flexibility index (Phi) is 12.7. The Morgan fingerprint density at radius 2 is 1.86 bits per heavy atom. The molecule has 0 saturated heterocycles. The highest BCUT2D eigenvalue weighted by Gasteiger charge is 2.32. The summed E-state index contributed by atoms with van der Waals surface area (Å²) < 4.78 is 81.9. The van der Waals surface area contributed by atoms with Gasteiger partial charge in [0.15, 0.2) is 5.03 Å². The molecule has 15 heteroatoms. The maximum absolute atomic E-state index is 14.3. The Labute approximate surface area is 286 Å². The standard InChI is InChI=1S/C34H46F3N5O6S/c1-23-17-42(24(2)21-43)33(44)29-16-28(39-49(45,46)32-20-41(5)22-38-32)13-14-30(29)48-25(3)8-6-7-15-47-31(23)19-40(4)18-26-9-11-27(12-10-26)34(35,36)37/h9-14,16,20,22-25,31,39,43H,6-8,15,17-19,21H2,1-5H3/t23-,24+,25+,31-/m0/s1. The van der Waals surface area contributed by atoms with E-state index in [-0.39, 0.29) is 47.6 Å². The van der Waals surface area contributed by atoms with Gasteiger partial charge in [0.25, 0.3) is 15.9 Å². The van der Waals surface area contributed by atoms with Gasteiger partial charge in [0.05, 0.1) is 42.3 Å². The number of benzene rings is 2. The van der Waals surface area contributed by atoms with E-state index in [4.69, 9.17) is 9.47 Å². The van der Waals surface area contributed by atoms with Gasteiger partial charge < -0.3 is 24.0 Å². The molecule has 1 aliphatic heterocycles. The van der Waals surface area contributed by atoms with Gasteiger partial charge in [-0.05, 0) is 76.1 Å². The Hall–Kier alpha value is -3.66. The lowest BCUT2D eigenvalue weighted by atomic mass is 10.0. The highest BCUT2D eigenvalue weighted by Crippen LogP contribution is 2.31. The molecule has 2 aromatic carbocycles. The number of sulfonamides is 1. The van der Waals surface area contributed by atoms with Gasteiger partial charge in [-0.3, -0.25) is 14.4 Å². The van der Waals surface area contributed by atoms with Crippen LogP contribution in [-0.2, 0) is 34.5 Å². The Bertz CT molecular complexity index is 1650. The van der Waals surface area contributed by atoms with Gasteiger partial charge >= 0.3 is 6.18 Å². The van der Waals surface area contributed by atoms with Crippen LogP contribution < -0.4 is 9.46 Å². The third-order valence-electron chi connectivity index (χ3n) is 8.49. The summed E-state index contributed by atoms with van der Waals surface area (Å²) in [5.41, 5.74) is 0.291. The predicted octanol–water partition coefficient (Wildman–Crippen LogP) is 5.17. The number of hydrogen-bond acceptors (Lipinski definition) is 8. The quantitative estimate of drug-likeness (QED) is 0.312. The van der Waals surface area contributed by atoms with Crippen LogP contribution in [0, 0.1) is 5.92 Å². The summed E-state index contributed by atoms with van der Waals surface area (Å²) in [6, 6.07) is 9.00. The number of aliphatic hydroxyl groups is 1. The maximum Gasteiger partial charge on any atom is 0.416 e. The number of aryl methyl sites for hydroxylation is 1. The summed E-state index contributed by atoms with van der Waals surface area (Å²) in [7, 11) is -0.534. The van der Waals surface area contributed by atoms with Crippen LogP contribution >= 0.6 is 0 Å². The molecule has 1 aliphatic rings. The van der Waals surface area contributed by atoms with Gasteiger partial charge in [0.1, 0.15) is 5.75 Å². The zero-order chi connectivity index (χ0) is 35.9. The molecule has 1 aromatic heterocycles. The van der Waals surface area contributed by atoms with E-state index in [2.05, 4.69) is 9.71 Å². The van der Waals surface area contributed by atoms with Crippen molar-refractivity contribution in [3.05, 3.63) is 71.7 Å². The molecule has 0 saturated carbocycles. The second-order valence-electron chi connectivity index (χ2n) is 12.9. The highest BCUT2D eigenvalue weighted by molar-refractivity contribution is 7.92. The number of carbonyl (C=O) groups excluding carboxylic acids is 1. The lowest BCUT2D eigenvalue weighted by molar-refractivity contribution is -0.137. The summed E-state index contributed by atoms with van der Waals surface area (Å²) >= 11 is 0. The fourth-order valence-corrected chi connectivity index (χ4v) is 6.70. The fourth-order valence-electron chi connectivity index (χ4n) is 5.67. The lowest BCUT2D eigenvalue weighted by Gasteiger charge is -2.36. The molecule has 0 bridgehead atoms. The van der Waals surface area contributed by atoms with Crippen LogP contribution in [0.1, 0.15) is 61.5 Å². The Morgan fingerprint density at radius 3 is 2.49 bits per heavy atom. The van der Waals surface area contributed by atoms with Crippen LogP contribution in [0.25, 0.3) is 0 Å². The zero-order valence-electron chi connectivity index (χ0n) is 28.5. The first-order valence-corrected chi connectivity index (χ1v) is 17.7. The molecule has 11 nitrogen and oxygen atoms in total. The van der Waals surface area contributed by atoms with Crippen molar-refractivity contribution in [3.63, 3.8) is 0 Å². The molecule has 2 heterocycles. The molecular weight excluding hydrogens is 663 g/mol. The largest absolute Gasteiger partial charge is 0.490 e. The molecular formula is C34H46F3N5O6S. The number of alkyl halides is 3. The van der Waals surface area contributed by atoms with E-state index in [0.29, 0.717) is 31.9 Å². The number of aliphatic hydroxyl groups excluding tert-OH is 1. The number of anilines is 1. The molecule has 49 heavy (non-hydrogen) atoms. The average molecular weight is 710 g/mol. The number of imidazole rings is 1. The van der Waals surface area contributed by atoms with E-state index in [1.54, 1.807) is 20.0 Å². The van der Waals surface area contributed by atoms with Gasteiger partial charge in [-0.1, -0.05) is 19.1 Å². The Morgan fingerprint density at radius 1 is 1.14 bits per heavy atom. The van der Waals surface area contributed by atoms with Crippen molar-refractivity contribution in [2.45, 2.75) is 76.0 Å². The molecule has 0 unspecified atom stereocenters. The minimum atomic E-state index is -4.41. The van der Waals surface area contributed by atoms with Crippen molar-refractivity contribution in [2.24, 2.45) is 13.0 Å². The molecule has 0 aliphatic carbocycles. The smallest absolute Gasteiger partial charge is 0.416 e. The monoisotopic (exact) mass is 709 g/mol. The third-order valence-corrected chi connectivity index (χ3v) is 9.75.